The summed E-state index contributed by atoms with van der Waals surface area (Å²) in [5.41, 5.74) is -0.160. The van der Waals surface area contributed by atoms with E-state index in [4.69, 9.17) is 16.7 Å². The topological polar surface area (TPSA) is 87.6 Å². The number of carboxylic acids is 1. The summed E-state index contributed by atoms with van der Waals surface area (Å²) in [5.74, 6) is -1.03. The zero-order valence-electron chi connectivity index (χ0n) is 10.9. The number of anilines is 1. The maximum Gasteiger partial charge on any atom is 0.335 e. The molecule has 21 heavy (non-hydrogen) atoms. The molecule has 8 heteroatoms. The van der Waals surface area contributed by atoms with Gasteiger partial charge in [-0.15, -0.1) is 0 Å². The SMILES string of the molecule is CN(c1ccccn1)S(=O)(=O)c1cc(C(=O)O)ccc1Cl. The van der Waals surface area contributed by atoms with E-state index >= 15 is 0 Å². The molecule has 2 aromatic rings. The average Bonchev–Trinajstić information content (AvgIpc) is 2.47. The Balaban J connectivity index is 2.54. The van der Waals surface area contributed by atoms with Gasteiger partial charge < -0.3 is 5.11 Å². The number of sulfonamides is 1. The van der Waals surface area contributed by atoms with Crippen molar-refractivity contribution in [3.05, 3.63) is 53.2 Å². The first-order chi connectivity index (χ1) is 9.84. The van der Waals surface area contributed by atoms with E-state index in [9.17, 15) is 13.2 Å². The van der Waals surface area contributed by atoms with Gasteiger partial charge in [-0.25, -0.2) is 18.2 Å². The highest BCUT2D eigenvalue weighted by molar-refractivity contribution is 7.92. The fraction of sp³-hybridized carbons (Fsp3) is 0.0769. The van der Waals surface area contributed by atoms with Gasteiger partial charge >= 0.3 is 5.97 Å². The number of pyridine rings is 1. The molecule has 0 saturated carbocycles. The van der Waals surface area contributed by atoms with Crippen LogP contribution < -0.4 is 4.31 Å². The van der Waals surface area contributed by atoms with Crippen LogP contribution in [-0.2, 0) is 10.0 Å². The maximum atomic E-state index is 12.5. The number of carboxylic acid groups (broad SMARTS) is 1. The molecule has 0 aliphatic heterocycles. The molecule has 0 aliphatic rings. The molecular weight excluding hydrogens is 316 g/mol. The number of benzene rings is 1. The van der Waals surface area contributed by atoms with Crippen molar-refractivity contribution < 1.29 is 18.3 Å². The van der Waals surface area contributed by atoms with Gasteiger partial charge in [-0.2, -0.15) is 0 Å². The van der Waals surface area contributed by atoms with Crippen LogP contribution in [0, 0.1) is 0 Å². The number of nitrogens with zero attached hydrogens (tertiary/aromatic N) is 2. The van der Waals surface area contributed by atoms with Crippen molar-refractivity contribution in [3.63, 3.8) is 0 Å². The number of aromatic nitrogens is 1. The number of halogens is 1. The summed E-state index contributed by atoms with van der Waals surface area (Å²) in [6.07, 6.45) is 1.45. The highest BCUT2D eigenvalue weighted by atomic mass is 35.5. The molecule has 1 aromatic carbocycles. The number of hydrogen-bond donors (Lipinski definition) is 1. The summed E-state index contributed by atoms with van der Waals surface area (Å²) in [4.78, 5) is 14.6. The van der Waals surface area contributed by atoms with E-state index in [0.717, 1.165) is 10.4 Å². The van der Waals surface area contributed by atoms with Crippen molar-refractivity contribution in [3.8, 4) is 0 Å². The first-order valence-corrected chi connectivity index (χ1v) is 7.58. The van der Waals surface area contributed by atoms with Crippen LogP contribution >= 0.6 is 11.6 Å². The average molecular weight is 327 g/mol. The maximum absolute atomic E-state index is 12.5. The van der Waals surface area contributed by atoms with E-state index in [1.165, 1.54) is 31.4 Å². The third-order valence-corrected chi connectivity index (χ3v) is 5.03. The van der Waals surface area contributed by atoms with Gasteiger partial charge in [0.15, 0.2) is 0 Å². The third kappa shape index (κ3) is 2.98. The first-order valence-electron chi connectivity index (χ1n) is 5.77. The van der Waals surface area contributed by atoms with Crippen LogP contribution in [-0.4, -0.2) is 31.5 Å². The molecule has 0 aliphatic carbocycles. The Morgan fingerprint density at radius 2 is 2.00 bits per heavy atom. The Hall–Kier alpha value is -2.12. The van der Waals surface area contributed by atoms with E-state index < -0.39 is 16.0 Å². The largest absolute Gasteiger partial charge is 0.478 e. The number of hydrogen-bond acceptors (Lipinski definition) is 4. The van der Waals surface area contributed by atoms with E-state index in [2.05, 4.69) is 4.98 Å². The second-order valence-corrected chi connectivity index (χ2v) is 6.46. The van der Waals surface area contributed by atoms with Crippen LogP contribution in [0.25, 0.3) is 0 Å². The third-order valence-electron chi connectivity index (χ3n) is 2.79. The minimum atomic E-state index is -4.00. The Bertz CT molecular complexity index is 778. The molecule has 0 bridgehead atoms. The number of rotatable bonds is 4. The Labute approximate surface area is 126 Å². The predicted octanol–water partition coefficient (Wildman–Crippen LogP) is 2.26. The van der Waals surface area contributed by atoms with Gasteiger partial charge in [-0.1, -0.05) is 17.7 Å². The normalized spacial score (nSPS) is 11.1. The fourth-order valence-corrected chi connectivity index (χ4v) is 3.29. The van der Waals surface area contributed by atoms with Gasteiger partial charge in [0.1, 0.15) is 10.7 Å². The molecule has 0 spiro atoms. The van der Waals surface area contributed by atoms with Gasteiger partial charge in [0, 0.05) is 13.2 Å². The van der Waals surface area contributed by atoms with E-state index in [1.807, 2.05) is 0 Å². The fourth-order valence-electron chi connectivity index (χ4n) is 1.64. The smallest absolute Gasteiger partial charge is 0.335 e. The summed E-state index contributed by atoms with van der Waals surface area (Å²) < 4.78 is 26.0. The molecule has 0 amide bonds. The van der Waals surface area contributed by atoms with E-state index in [0.29, 0.717) is 0 Å². The van der Waals surface area contributed by atoms with E-state index in [1.54, 1.807) is 12.1 Å². The molecule has 0 radical (unpaired) electrons. The molecule has 1 heterocycles. The number of aromatic carboxylic acids is 1. The summed E-state index contributed by atoms with van der Waals surface area (Å²) in [6.45, 7) is 0. The molecular formula is C13H11ClN2O4S. The van der Waals surface area contributed by atoms with Crippen LogP contribution in [0.15, 0.2) is 47.5 Å². The molecule has 2 rings (SSSR count). The van der Waals surface area contributed by atoms with Crippen molar-refractivity contribution in [1.82, 2.24) is 4.98 Å². The quantitative estimate of drug-likeness (QED) is 0.931. The Morgan fingerprint density at radius 3 is 2.57 bits per heavy atom. The van der Waals surface area contributed by atoms with Crippen LogP contribution in [0.3, 0.4) is 0 Å². The number of carbonyl (C=O) groups is 1. The molecule has 0 fully saturated rings. The monoisotopic (exact) mass is 326 g/mol. The minimum absolute atomic E-state index is 0.0530. The second kappa shape index (κ2) is 5.71. The van der Waals surface area contributed by atoms with Crippen molar-refractivity contribution in [2.24, 2.45) is 0 Å². The van der Waals surface area contributed by atoms with Gasteiger partial charge in [0.2, 0.25) is 0 Å². The Morgan fingerprint density at radius 1 is 1.29 bits per heavy atom. The van der Waals surface area contributed by atoms with Crippen LogP contribution in [0.5, 0.6) is 0 Å². The zero-order valence-corrected chi connectivity index (χ0v) is 12.5. The molecule has 110 valence electrons. The molecule has 0 saturated heterocycles. The zero-order chi connectivity index (χ0) is 15.6. The van der Waals surface area contributed by atoms with Crippen LogP contribution in [0.4, 0.5) is 5.82 Å². The lowest BCUT2D eigenvalue weighted by atomic mass is 10.2. The summed E-state index contributed by atoms with van der Waals surface area (Å²) in [5, 5.41) is 8.90. The van der Waals surface area contributed by atoms with Crippen molar-refractivity contribution >= 4 is 33.4 Å². The Kier molecular flexibility index (Phi) is 4.15. The molecule has 0 unspecified atom stereocenters. The highest BCUT2D eigenvalue weighted by Crippen LogP contribution is 2.27. The lowest BCUT2D eigenvalue weighted by Crippen LogP contribution is -2.27. The van der Waals surface area contributed by atoms with Crippen molar-refractivity contribution in [1.29, 1.82) is 0 Å². The van der Waals surface area contributed by atoms with Gasteiger partial charge in [-0.05, 0) is 30.3 Å². The lowest BCUT2D eigenvalue weighted by molar-refractivity contribution is 0.0696. The van der Waals surface area contributed by atoms with Crippen LogP contribution in [0.2, 0.25) is 5.02 Å². The van der Waals surface area contributed by atoms with Crippen molar-refractivity contribution in [2.75, 3.05) is 11.4 Å². The van der Waals surface area contributed by atoms with Gasteiger partial charge in [-0.3, -0.25) is 4.31 Å². The van der Waals surface area contributed by atoms with Gasteiger partial charge in [0.05, 0.1) is 10.6 Å². The molecule has 1 aromatic heterocycles. The van der Waals surface area contributed by atoms with Crippen molar-refractivity contribution in [2.45, 2.75) is 4.90 Å². The molecule has 6 nitrogen and oxygen atoms in total. The van der Waals surface area contributed by atoms with Crippen LogP contribution in [0.1, 0.15) is 10.4 Å². The molecule has 1 N–H and O–H groups in total. The van der Waals surface area contributed by atoms with E-state index in [-0.39, 0.29) is 21.3 Å². The summed E-state index contributed by atoms with van der Waals surface area (Å²) >= 11 is 5.90. The summed E-state index contributed by atoms with van der Waals surface area (Å²) in [7, 11) is -2.68. The van der Waals surface area contributed by atoms with Gasteiger partial charge in [0.25, 0.3) is 10.0 Å². The minimum Gasteiger partial charge on any atom is -0.478 e. The highest BCUT2D eigenvalue weighted by Gasteiger charge is 2.26. The lowest BCUT2D eigenvalue weighted by Gasteiger charge is -2.19. The summed E-state index contributed by atoms with van der Waals surface area (Å²) in [6, 6.07) is 8.33. The molecule has 0 atom stereocenters. The predicted molar refractivity (Wildman–Crippen MR) is 78.2 cm³/mol. The first kappa shape index (κ1) is 15.3. The standard InChI is InChI=1S/C13H11ClN2O4S/c1-16(12-4-2-3-7-15-12)21(19,20)11-8-9(13(17)18)5-6-10(11)14/h2-8H,1H3,(H,17,18). The second-order valence-electron chi connectivity index (χ2n) is 4.11.